The van der Waals surface area contributed by atoms with E-state index in [0.717, 1.165) is 10.5 Å². The quantitative estimate of drug-likeness (QED) is 0.166. The second-order valence-corrected chi connectivity index (χ2v) is 17.2. The van der Waals surface area contributed by atoms with E-state index >= 15 is 0 Å². The van der Waals surface area contributed by atoms with Gasteiger partial charge in [-0.1, -0.05) is 12.1 Å². The van der Waals surface area contributed by atoms with Crippen molar-refractivity contribution in [1.29, 1.82) is 0 Å². The van der Waals surface area contributed by atoms with Gasteiger partial charge in [0.25, 0.3) is 0 Å². The minimum Gasteiger partial charge on any atom is -0.459 e. The van der Waals surface area contributed by atoms with Gasteiger partial charge in [0.15, 0.2) is 0 Å². The lowest BCUT2D eigenvalue weighted by molar-refractivity contribution is -0.164. The molecule has 0 aliphatic heterocycles. The highest BCUT2D eigenvalue weighted by molar-refractivity contribution is 7.89. The second-order valence-electron chi connectivity index (χ2n) is 15.6. The normalized spacial score (nSPS) is 12.4. The number of aromatic nitrogens is 4. The predicted molar refractivity (Wildman–Crippen MR) is 194 cm³/mol. The molecule has 0 unspecified atom stereocenters. The topological polar surface area (TPSA) is 198 Å². The lowest BCUT2D eigenvalue weighted by Crippen LogP contribution is -2.44. The maximum atomic E-state index is 13.7. The molecule has 0 aliphatic carbocycles. The molecule has 2 aromatic heterocycles. The highest BCUT2D eigenvalue weighted by atomic mass is 32.2. The minimum absolute atomic E-state index is 0.00125. The number of hydrogen-bond acceptors (Lipinski definition) is 12. The van der Waals surface area contributed by atoms with Gasteiger partial charge in [-0.25, -0.2) is 23.5 Å². The van der Waals surface area contributed by atoms with Crippen molar-refractivity contribution in [3.05, 3.63) is 66.3 Å². The summed E-state index contributed by atoms with van der Waals surface area (Å²) in [5.41, 5.74) is -1.42. The number of hydrogen-bond donors (Lipinski definition) is 1. The number of imidazole rings is 2. The first-order valence-corrected chi connectivity index (χ1v) is 18.7. The number of carbonyl (C=O) groups excluding carboxylic acids is 4. The van der Waals surface area contributed by atoms with Crippen LogP contribution >= 0.6 is 0 Å². The van der Waals surface area contributed by atoms with Crippen molar-refractivity contribution in [2.75, 3.05) is 19.6 Å². The monoisotopic (exact) mass is 759 g/mol. The Kier molecular flexibility index (Phi) is 14.1. The van der Waals surface area contributed by atoms with E-state index in [-0.39, 0.29) is 31.1 Å². The van der Waals surface area contributed by atoms with Crippen LogP contribution < -0.4 is 5.14 Å². The van der Waals surface area contributed by atoms with Crippen molar-refractivity contribution in [2.24, 2.45) is 5.14 Å². The van der Waals surface area contributed by atoms with E-state index < -0.39 is 63.7 Å². The Morgan fingerprint density at radius 3 is 1.57 bits per heavy atom. The number of carbonyl (C=O) groups is 4. The Balaban J connectivity index is 1.86. The van der Waals surface area contributed by atoms with Gasteiger partial charge in [0.2, 0.25) is 15.9 Å². The van der Waals surface area contributed by atoms with Crippen molar-refractivity contribution in [2.45, 2.75) is 117 Å². The molecular formula is C36H53N7O9S. The number of sulfonamides is 1. The minimum atomic E-state index is -3.85. The fraction of sp³-hybridized carbons (Fsp3) is 0.556. The lowest BCUT2D eigenvalue weighted by atomic mass is 10.1. The highest BCUT2D eigenvalue weighted by Crippen LogP contribution is 2.16. The van der Waals surface area contributed by atoms with E-state index in [1.807, 2.05) is 4.90 Å². The maximum absolute atomic E-state index is 13.7. The van der Waals surface area contributed by atoms with Crippen LogP contribution in [0.15, 0.2) is 53.9 Å². The Bertz CT molecular complexity index is 1800. The average Bonchev–Trinajstić information content (AvgIpc) is 3.60. The third-order valence-electron chi connectivity index (χ3n) is 7.16. The fourth-order valence-electron chi connectivity index (χ4n) is 5.07. The molecular weight excluding hydrogens is 707 g/mol. The first-order valence-electron chi connectivity index (χ1n) is 17.1. The van der Waals surface area contributed by atoms with Crippen molar-refractivity contribution >= 4 is 33.8 Å². The molecule has 0 fully saturated rings. The maximum Gasteiger partial charge on any atom is 0.326 e. The van der Waals surface area contributed by atoms with Gasteiger partial charge in [-0.05, 0) is 86.4 Å². The molecule has 1 aromatic carbocycles. The molecule has 0 bridgehead atoms. The number of esters is 3. The molecule has 2 heterocycles. The second kappa shape index (κ2) is 17.5. The van der Waals surface area contributed by atoms with Crippen LogP contribution in [0.5, 0.6) is 0 Å². The molecule has 0 saturated carbocycles. The van der Waals surface area contributed by atoms with Crippen molar-refractivity contribution in [1.82, 2.24) is 28.9 Å². The zero-order valence-electron chi connectivity index (χ0n) is 32.1. The molecule has 0 spiro atoms. The Morgan fingerprint density at radius 2 is 1.13 bits per heavy atom. The van der Waals surface area contributed by atoms with Crippen LogP contribution in [0, 0.1) is 0 Å². The summed E-state index contributed by atoms with van der Waals surface area (Å²) in [5.74, 6) is -1.22. The highest BCUT2D eigenvalue weighted by Gasteiger charge is 2.27. The first-order chi connectivity index (χ1) is 24.4. The van der Waals surface area contributed by atoms with E-state index in [1.165, 1.54) is 12.1 Å². The number of ether oxygens (including phenoxy) is 3. The molecule has 53 heavy (non-hydrogen) atoms. The zero-order valence-corrected chi connectivity index (χ0v) is 32.9. The van der Waals surface area contributed by atoms with Gasteiger partial charge in [-0.2, -0.15) is 0 Å². The van der Waals surface area contributed by atoms with Gasteiger partial charge < -0.3 is 28.2 Å². The van der Waals surface area contributed by atoms with Crippen LogP contribution in [-0.2, 0) is 76.0 Å². The molecule has 17 heteroatoms. The van der Waals surface area contributed by atoms with E-state index in [2.05, 4.69) is 9.97 Å². The molecule has 3 aromatic rings. The first kappa shape index (κ1) is 42.8. The van der Waals surface area contributed by atoms with E-state index in [1.54, 1.807) is 108 Å². The summed E-state index contributed by atoms with van der Waals surface area (Å²) in [5, 5.41) is 5.27. The number of primary sulfonamides is 1. The Hall–Kier alpha value is -4.61. The fourth-order valence-corrected chi connectivity index (χ4v) is 5.58. The summed E-state index contributed by atoms with van der Waals surface area (Å²) < 4.78 is 43.2. The Labute approximate surface area is 311 Å². The SMILES string of the molecule is CC(C)(C)OC(=O)CN(CC(=O)OC(C)(C)C)C(=O)Cn1ccnc1CN(CCc1ccc(S(N)(=O)=O)cc1)Cc1nccn1CC(=O)OC(C)(C)C. The van der Waals surface area contributed by atoms with Crippen LogP contribution in [0.4, 0.5) is 0 Å². The van der Waals surface area contributed by atoms with Crippen molar-refractivity contribution in [3.8, 4) is 0 Å². The number of nitrogens with two attached hydrogens (primary N) is 1. The smallest absolute Gasteiger partial charge is 0.326 e. The molecule has 0 aliphatic rings. The Morgan fingerprint density at radius 1 is 0.698 bits per heavy atom. The van der Waals surface area contributed by atoms with Crippen molar-refractivity contribution in [3.63, 3.8) is 0 Å². The predicted octanol–water partition coefficient (Wildman–Crippen LogP) is 2.83. The van der Waals surface area contributed by atoms with Gasteiger partial charge in [0, 0.05) is 31.3 Å². The van der Waals surface area contributed by atoms with Gasteiger partial charge >= 0.3 is 17.9 Å². The van der Waals surface area contributed by atoms with Gasteiger partial charge in [0.05, 0.1) is 18.0 Å². The summed E-state index contributed by atoms with van der Waals surface area (Å²) in [4.78, 5) is 64.0. The van der Waals surface area contributed by atoms with Crippen LogP contribution in [0.1, 0.15) is 79.5 Å². The summed E-state index contributed by atoms with van der Waals surface area (Å²) >= 11 is 0. The van der Waals surface area contributed by atoms with E-state index in [4.69, 9.17) is 19.3 Å². The zero-order chi connectivity index (χ0) is 39.8. The molecule has 1 amide bonds. The molecule has 2 N–H and O–H groups in total. The standard InChI is InChI=1S/C36H53N7O9S/c1-34(2,3)50-31(45)23-42-19-16-39-29(42)21-40(17-14-26-10-12-27(13-11-26)53(37,48)49)20-28-38-15-18-41(28)22-30(44)43(24-32(46)51-35(4,5)6)25-33(47)52-36(7,8)9/h10-13,15-16,18-19H,14,17,20-25H2,1-9H3,(H2,37,48,49). The van der Waals surface area contributed by atoms with Crippen LogP contribution in [0.25, 0.3) is 0 Å². The van der Waals surface area contributed by atoms with Gasteiger partial charge in [-0.3, -0.25) is 24.1 Å². The largest absolute Gasteiger partial charge is 0.459 e. The summed E-state index contributed by atoms with van der Waals surface area (Å²) in [6.45, 7) is 15.3. The number of amides is 1. The van der Waals surface area contributed by atoms with E-state index in [0.29, 0.717) is 24.6 Å². The average molecular weight is 760 g/mol. The van der Waals surface area contributed by atoms with Crippen LogP contribution in [0.3, 0.4) is 0 Å². The summed E-state index contributed by atoms with van der Waals surface area (Å²) in [7, 11) is -3.85. The van der Waals surface area contributed by atoms with Crippen LogP contribution in [-0.4, -0.2) is 97.6 Å². The number of nitrogens with zero attached hydrogens (tertiary/aromatic N) is 6. The van der Waals surface area contributed by atoms with E-state index in [9.17, 15) is 27.6 Å². The summed E-state index contributed by atoms with van der Waals surface area (Å²) in [6.07, 6.45) is 6.94. The summed E-state index contributed by atoms with van der Waals surface area (Å²) in [6, 6.07) is 6.26. The molecule has 0 saturated heterocycles. The third kappa shape index (κ3) is 15.5. The molecule has 0 radical (unpaired) electrons. The third-order valence-corrected chi connectivity index (χ3v) is 8.09. The molecule has 0 atom stereocenters. The lowest BCUT2D eigenvalue weighted by Gasteiger charge is -2.27. The molecule has 292 valence electrons. The van der Waals surface area contributed by atoms with Crippen LogP contribution in [0.2, 0.25) is 0 Å². The number of rotatable bonds is 16. The molecule has 16 nitrogen and oxygen atoms in total. The van der Waals surface area contributed by atoms with Gasteiger partial charge in [-0.15, -0.1) is 0 Å². The van der Waals surface area contributed by atoms with Crippen molar-refractivity contribution < 1.29 is 41.8 Å². The number of benzene rings is 1. The van der Waals surface area contributed by atoms with Gasteiger partial charge in [0.1, 0.15) is 54.6 Å². The molecule has 3 rings (SSSR count).